The molecule has 0 saturated carbocycles. The van der Waals surface area contributed by atoms with Crippen LogP contribution >= 0.6 is 0 Å². The van der Waals surface area contributed by atoms with Gasteiger partial charge in [0.15, 0.2) is 0 Å². The van der Waals surface area contributed by atoms with Crippen LogP contribution in [0.2, 0.25) is 0 Å². The first-order chi connectivity index (χ1) is 12.3. The molecule has 0 radical (unpaired) electrons. The highest BCUT2D eigenvalue weighted by molar-refractivity contribution is 5.98. The summed E-state index contributed by atoms with van der Waals surface area (Å²) in [6.45, 7) is 2.81. The van der Waals surface area contributed by atoms with E-state index in [0.717, 1.165) is 47.5 Å². The molecule has 0 aliphatic carbocycles. The second-order valence-electron chi connectivity index (χ2n) is 6.34. The van der Waals surface area contributed by atoms with Gasteiger partial charge in [0.2, 0.25) is 5.91 Å². The number of aromatic amines is 1. The van der Waals surface area contributed by atoms with Gasteiger partial charge in [-0.2, -0.15) is 0 Å². The van der Waals surface area contributed by atoms with Crippen LogP contribution in [0.25, 0.3) is 11.0 Å². The number of imidazole rings is 1. The van der Waals surface area contributed by atoms with Gasteiger partial charge >= 0.3 is 0 Å². The van der Waals surface area contributed by atoms with Crippen molar-refractivity contribution in [3.05, 3.63) is 54.4 Å². The Balaban J connectivity index is 1.63. The first-order valence-corrected chi connectivity index (χ1v) is 8.74. The van der Waals surface area contributed by atoms with Crippen LogP contribution < -0.4 is 9.64 Å². The monoisotopic (exact) mass is 335 g/mol. The summed E-state index contributed by atoms with van der Waals surface area (Å²) < 4.78 is 5.65. The fourth-order valence-corrected chi connectivity index (χ4v) is 3.40. The summed E-state index contributed by atoms with van der Waals surface area (Å²) in [5, 5.41) is 0. The maximum absolute atomic E-state index is 12.5. The Hall–Kier alpha value is -2.82. The minimum atomic E-state index is 0.0594. The molecule has 4 rings (SSSR count). The standard InChI is InChI=1S/C20H21N3O2/c1-2-11-25-16-6-3-14(4-7-16)19-9-10-20(24)23(19)15-5-8-17-18(12-15)22-13-21-17/h3-8,12-13,19H,2,9-11H2,1H3,(H,21,22)/t19-/m1/s1. The first kappa shape index (κ1) is 15.7. The topological polar surface area (TPSA) is 58.2 Å². The number of anilines is 1. The van der Waals surface area contributed by atoms with Gasteiger partial charge in [-0.3, -0.25) is 4.79 Å². The number of amides is 1. The molecule has 128 valence electrons. The minimum absolute atomic E-state index is 0.0594. The molecular formula is C20H21N3O2. The lowest BCUT2D eigenvalue weighted by atomic mass is 10.0. The van der Waals surface area contributed by atoms with Crippen molar-refractivity contribution in [1.29, 1.82) is 0 Å². The Morgan fingerprint density at radius 2 is 2.08 bits per heavy atom. The third kappa shape index (κ3) is 2.97. The van der Waals surface area contributed by atoms with Crippen LogP contribution in [-0.2, 0) is 4.79 Å². The Morgan fingerprint density at radius 3 is 2.88 bits per heavy atom. The summed E-state index contributed by atoms with van der Waals surface area (Å²) in [5.41, 5.74) is 3.89. The molecule has 1 aliphatic heterocycles. The molecule has 2 aromatic carbocycles. The van der Waals surface area contributed by atoms with E-state index in [2.05, 4.69) is 29.0 Å². The number of nitrogens with zero attached hydrogens (tertiary/aromatic N) is 2. The van der Waals surface area contributed by atoms with E-state index in [1.165, 1.54) is 0 Å². The van der Waals surface area contributed by atoms with Gasteiger partial charge in [0.05, 0.1) is 30.0 Å². The molecule has 1 aliphatic rings. The van der Waals surface area contributed by atoms with Gasteiger partial charge in [-0.25, -0.2) is 4.98 Å². The number of carbonyl (C=O) groups is 1. The molecule has 0 bridgehead atoms. The molecule has 25 heavy (non-hydrogen) atoms. The van der Waals surface area contributed by atoms with E-state index < -0.39 is 0 Å². The number of hydrogen-bond acceptors (Lipinski definition) is 3. The van der Waals surface area contributed by atoms with Crippen molar-refractivity contribution in [3.63, 3.8) is 0 Å². The second-order valence-corrected chi connectivity index (χ2v) is 6.34. The summed E-state index contributed by atoms with van der Waals surface area (Å²) in [6, 6.07) is 14.1. The van der Waals surface area contributed by atoms with Crippen LogP contribution in [0.15, 0.2) is 48.8 Å². The van der Waals surface area contributed by atoms with Gasteiger partial charge in [-0.05, 0) is 48.7 Å². The van der Waals surface area contributed by atoms with E-state index in [1.54, 1.807) is 6.33 Å². The van der Waals surface area contributed by atoms with E-state index in [0.29, 0.717) is 6.42 Å². The number of fused-ring (bicyclic) bond motifs is 1. The zero-order valence-electron chi connectivity index (χ0n) is 14.2. The molecule has 3 aromatic rings. The fourth-order valence-electron chi connectivity index (χ4n) is 3.40. The van der Waals surface area contributed by atoms with Crippen molar-refractivity contribution in [1.82, 2.24) is 9.97 Å². The van der Waals surface area contributed by atoms with E-state index in [1.807, 2.05) is 35.2 Å². The quantitative estimate of drug-likeness (QED) is 0.759. The van der Waals surface area contributed by atoms with E-state index >= 15 is 0 Å². The number of aromatic nitrogens is 2. The summed E-state index contributed by atoms with van der Waals surface area (Å²) in [6.07, 6.45) is 4.05. The van der Waals surface area contributed by atoms with Crippen molar-refractivity contribution < 1.29 is 9.53 Å². The van der Waals surface area contributed by atoms with Crippen LogP contribution in [-0.4, -0.2) is 22.5 Å². The molecule has 1 atom stereocenters. The first-order valence-electron chi connectivity index (χ1n) is 8.74. The molecule has 0 unspecified atom stereocenters. The molecule has 5 heteroatoms. The van der Waals surface area contributed by atoms with Crippen molar-refractivity contribution >= 4 is 22.6 Å². The Labute approximate surface area is 146 Å². The zero-order chi connectivity index (χ0) is 17.2. The smallest absolute Gasteiger partial charge is 0.227 e. The Morgan fingerprint density at radius 1 is 1.24 bits per heavy atom. The Kier molecular flexibility index (Phi) is 4.14. The number of rotatable bonds is 5. The third-order valence-electron chi connectivity index (χ3n) is 4.63. The van der Waals surface area contributed by atoms with E-state index in [4.69, 9.17) is 4.74 Å². The van der Waals surface area contributed by atoms with Gasteiger partial charge in [-0.1, -0.05) is 19.1 Å². The zero-order valence-corrected chi connectivity index (χ0v) is 14.2. The van der Waals surface area contributed by atoms with Gasteiger partial charge in [0.1, 0.15) is 5.75 Å². The summed E-state index contributed by atoms with van der Waals surface area (Å²) >= 11 is 0. The molecular weight excluding hydrogens is 314 g/mol. The predicted octanol–water partition coefficient (Wildman–Crippen LogP) is 4.22. The molecule has 1 fully saturated rings. The second kappa shape index (κ2) is 6.59. The van der Waals surface area contributed by atoms with Crippen LogP contribution in [0.5, 0.6) is 5.75 Å². The third-order valence-corrected chi connectivity index (χ3v) is 4.63. The van der Waals surface area contributed by atoms with Crippen molar-refractivity contribution in [2.75, 3.05) is 11.5 Å². The molecule has 0 spiro atoms. The largest absolute Gasteiger partial charge is 0.494 e. The van der Waals surface area contributed by atoms with Crippen molar-refractivity contribution in [2.24, 2.45) is 0 Å². The molecule has 1 amide bonds. The lowest BCUT2D eigenvalue weighted by Gasteiger charge is -2.25. The predicted molar refractivity (Wildman–Crippen MR) is 97.8 cm³/mol. The molecule has 2 heterocycles. The van der Waals surface area contributed by atoms with Crippen molar-refractivity contribution in [2.45, 2.75) is 32.2 Å². The summed E-state index contributed by atoms with van der Waals surface area (Å²) in [7, 11) is 0. The highest BCUT2D eigenvalue weighted by Crippen LogP contribution is 2.38. The molecule has 1 N–H and O–H groups in total. The number of carbonyl (C=O) groups excluding carboxylic acids is 1. The lowest BCUT2D eigenvalue weighted by Crippen LogP contribution is -2.27. The van der Waals surface area contributed by atoms with Crippen molar-refractivity contribution in [3.8, 4) is 5.75 Å². The molecule has 1 aromatic heterocycles. The van der Waals surface area contributed by atoms with Gasteiger partial charge in [-0.15, -0.1) is 0 Å². The number of hydrogen-bond donors (Lipinski definition) is 1. The Bertz CT molecular complexity index is 885. The van der Waals surface area contributed by atoms with Crippen LogP contribution in [0, 0.1) is 0 Å². The van der Waals surface area contributed by atoms with E-state index in [9.17, 15) is 4.79 Å². The maximum atomic E-state index is 12.5. The van der Waals surface area contributed by atoms with E-state index in [-0.39, 0.29) is 11.9 Å². The normalized spacial score (nSPS) is 17.4. The highest BCUT2D eigenvalue weighted by Gasteiger charge is 2.33. The molecule has 1 saturated heterocycles. The molecule has 5 nitrogen and oxygen atoms in total. The number of ether oxygens (including phenoxy) is 1. The number of benzene rings is 2. The van der Waals surface area contributed by atoms with Gasteiger partial charge < -0.3 is 14.6 Å². The fraction of sp³-hybridized carbons (Fsp3) is 0.300. The lowest BCUT2D eigenvalue weighted by molar-refractivity contribution is -0.117. The van der Waals surface area contributed by atoms with Crippen LogP contribution in [0.3, 0.4) is 0 Å². The van der Waals surface area contributed by atoms with Crippen LogP contribution in [0.4, 0.5) is 5.69 Å². The average molecular weight is 335 g/mol. The minimum Gasteiger partial charge on any atom is -0.494 e. The SMILES string of the molecule is CCCOc1ccc([C@H]2CCC(=O)N2c2ccc3[nH]cnc3c2)cc1. The van der Waals surface area contributed by atoms with Gasteiger partial charge in [0.25, 0.3) is 0 Å². The number of nitrogens with one attached hydrogen (secondary N) is 1. The summed E-state index contributed by atoms with van der Waals surface area (Å²) in [5.74, 6) is 1.03. The summed E-state index contributed by atoms with van der Waals surface area (Å²) in [4.78, 5) is 21.8. The van der Waals surface area contributed by atoms with Crippen LogP contribution in [0.1, 0.15) is 37.8 Å². The highest BCUT2D eigenvalue weighted by atomic mass is 16.5. The van der Waals surface area contributed by atoms with Gasteiger partial charge in [0, 0.05) is 12.1 Å². The average Bonchev–Trinajstić information content (AvgIpc) is 3.26. The maximum Gasteiger partial charge on any atom is 0.227 e. The number of H-pyrrole nitrogens is 1.